The Morgan fingerprint density at radius 1 is 1.15 bits per heavy atom. The van der Waals surface area contributed by atoms with E-state index in [1.807, 2.05) is 12.1 Å². The number of halogens is 2. The summed E-state index contributed by atoms with van der Waals surface area (Å²) in [6, 6.07) is 15.1. The van der Waals surface area contributed by atoms with Gasteiger partial charge in [-0.05, 0) is 55.0 Å². The lowest BCUT2D eigenvalue weighted by Crippen LogP contribution is -2.34. The van der Waals surface area contributed by atoms with Gasteiger partial charge in [0.05, 0.1) is 0 Å². The van der Waals surface area contributed by atoms with E-state index in [2.05, 4.69) is 58.5 Å². The number of benzene rings is 2. The maximum atomic E-state index is 6.26. The number of hydrogen-bond acceptors (Lipinski definition) is 1. The molecule has 0 unspecified atom stereocenters. The number of hydrogen-bond donors (Lipinski definition) is 1. The van der Waals surface area contributed by atoms with Crippen LogP contribution in [-0.4, -0.2) is 6.04 Å². The Labute approximate surface area is 133 Å². The zero-order valence-electron chi connectivity index (χ0n) is 11.4. The molecule has 0 aliphatic heterocycles. The maximum absolute atomic E-state index is 6.26. The Morgan fingerprint density at radius 3 is 2.65 bits per heavy atom. The number of nitrogens with one attached hydrogen (secondary N) is 1. The average molecular weight is 351 g/mol. The third kappa shape index (κ3) is 2.87. The fourth-order valence-electron chi connectivity index (χ4n) is 2.77. The minimum Gasteiger partial charge on any atom is -0.382 e. The fraction of sp³-hybridized carbons (Fsp3) is 0.294. The predicted octanol–water partition coefficient (Wildman–Crippen LogP) is 5.77. The first-order chi connectivity index (χ1) is 9.63. The molecule has 20 heavy (non-hydrogen) atoms. The van der Waals surface area contributed by atoms with Gasteiger partial charge in [0.25, 0.3) is 0 Å². The molecule has 2 aromatic rings. The highest BCUT2D eigenvalue weighted by atomic mass is 79.9. The van der Waals surface area contributed by atoms with Crippen LogP contribution in [0.15, 0.2) is 46.9 Å². The van der Waals surface area contributed by atoms with E-state index in [1.165, 1.54) is 16.8 Å². The van der Waals surface area contributed by atoms with E-state index >= 15 is 0 Å². The molecular formula is C17H17BrClN. The van der Waals surface area contributed by atoms with Gasteiger partial charge < -0.3 is 5.32 Å². The largest absolute Gasteiger partial charge is 0.382 e. The number of rotatable bonds is 3. The first kappa shape index (κ1) is 14.0. The Morgan fingerprint density at radius 2 is 1.90 bits per heavy atom. The van der Waals surface area contributed by atoms with E-state index in [1.54, 1.807) is 0 Å². The SMILES string of the molecule is Cc1ccc(Br)cc1NC1CC(c2ccccc2Cl)C1. The molecule has 0 bridgehead atoms. The van der Waals surface area contributed by atoms with Gasteiger partial charge in [-0.15, -0.1) is 0 Å². The van der Waals surface area contributed by atoms with Gasteiger partial charge in [-0.2, -0.15) is 0 Å². The predicted molar refractivity (Wildman–Crippen MR) is 89.7 cm³/mol. The zero-order chi connectivity index (χ0) is 14.1. The van der Waals surface area contributed by atoms with E-state index in [0.29, 0.717) is 12.0 Å². The third-order valence-corrected chi connectivity index (χ3v) is 4.88. The summed E-state index contributed by atoms with van der Waals surface area (Å²) < 4.78 is 1.12. The summed E-state index contributed by atoms with van der Waals surface area (Å²) in [6.45, 7) is 2.14. The molecule has 0 heterocycles. The highest BCUT2D eigenvalue weighted by Crippen LogP contribution is 2.41. The van der Waals surface area contributed by atoms with Crippen molar-refractivity contribution in [3.63, 3.8) is 0 Å². The Hall–Kier alpha value is -0.990. The van der Waals surface area contributed by atoms with Crippen LogP contribution >= 0.6 is 27.5 Å². The van der Waals surface area contributed by atoms with Crippen LogP contribution in [0.2, 0.25) is 5.02 Å². The topological polar surface area (TPSA) is 12.0 Å². The molecule has 1 aliphatic rings. The molecular weight excluding hydrogens is 334 g/mol. The summed E-state index contributed by atoms with van der Waals surface area (Å²) in [5.74, 6) is 0.591. The molecule has 0 atom stereocenters. The fourth-order valence-corrected chi connectivity index (χ4v) is 3.42. The lowest BCUT2D eigenvalue weighted by molar-refractivity contribution is 0.374. The van der Waals surface area contributed by atoms with E-state index in [-0.39, 0.29) is 0 Å². The van der Waals surface area contributed by atoms with Crippen molar-refractivity contribution in [2.24, 2.45) is 0 Å². The van der Waals surface area contributed by atoms with Crippen molar-refractivity contribution < 1.29 is 0 Å². The molecule has 1 saturated carbocycles. The highest BCUT2D eigenvalue weighted by Gasteiger charge is 2.31. The maximum Gasteiger partial charge on any atom is 0.0440 e. The van der Waals surface area contributed by atoms with Crippen LogP contribution in [0, 0.1) is 6.92 Å². The van der Waals surface area contributed by atoms with E-state index < -0.39 is 0 Å². The minimum absolute atomic E-state index is 0.546. The van der Waals surface area contributed by atoms with Crippen LogP contribution in [0.1, 0.15) is 29.9 Å². The van der Waals surface area contributed by atoms with Crippen LogP contribution < -0.4 is 5.32 Å². The molecule has 1 fully saturated rings. The van der Waals surface area contributed by atoms with Gasteiger partial charge in [0.15, 0.2) is 0 Å². The standard InChI is InChI=1S/C17H17BrClN/c1-11-6-7-13(18)10-17(11)20-14-8-12(9-14)15-4-2-3-5-16(15)19/h2-7,10,12,14,20H,8-9H2,1H3. The van der Waals surface area contributed by atoms with Crippen LogP contribution in [0.25, 0.3) is 0 Å². The van der Waals surface area contributed by atoms with Gasteiger partial charge in [0, 0.05) is 21.2 Å². The molecule has 2 aromatic carbocycles. The monoisotopic (exact) mass is 349 g/mol. The van der Waals surface area contributed by atoms with Gasteiger partial charge in [-0.3, -0.25) is 0 Å². The molecule has 0 spiro atoms. The van der Waals surface area contributed by atoms with Crippen LogP contribution in [-0.2, 0) is 0 Å². The summed E-state index contributed by atoms with van der Waals surface area (Å²) >= 11 is 9.79. The Bertz CT molecular complexity index is 620. The molecule has 0 saturated heterocycles. The lowest BCUT2D eigenvalue weighted by Gasteiger charge is -2.37. The first-order valence-corrected chi connectivity index (χ1v) is 8.07. The van der Waals surface area contributed by atoms with Crippen LogP contribution in [0.4, 0.5) is 5.69 Å². The zero-order valence-corrected chi connectivity index (χ0v) is 13.7. The normalized spacial score (nSPS) is 21.4. The molecule has 1 aliphatic carbocycles. The molecule has 3 rings (SSSR count). The van der Waals surface area contributed by atoms with Crippen molar-refractivity contribution in [1.29, 1.82) is 0 Å². The second-order valence-electron chi connectivity index (χ2n) is 5.49. The van der Waals surface area contributed by atoms with E-state index in [9.17, 15) is 0 Å². The highest BCUT2D eigenvalue weighted by molar-refractivity contribution is 9.10. The number of aryl methyl sites for hydroxylation is 1. The molecule has 0 aromatic heterocycles. The number of anilines is 1. The van der Waals surface area contributed by atoms with Crippen molar-refractivity contribution in [3.05, 3.63) is 63.1 Å². The first-order valence-electron chi connectivity index (χ1n) is 6.90. The lowest BCUT2D eigenvalue weighted by atomic mass is 9.75. The Kier molecular flexibility index (Phi) is 4.04. The molecule has 0 amide bonds. The van der Waals surface area contributed by atoms with E-state index in [4.69, 9.17) is 11.6 Å². The Balaban J connectivity index is 1.64. The van der Waals surface area contributed by atoms with Crippen molar-refractivity contribution in [1.82, 2.24) is 0 Å². The summed E-state index contributed by atoms with van der Waals surface area (Å²) in [7, 11) is 0. The summed E-state index contributed by atoms with van der Waals surface area (Å²) in [4.78, 5) is 0. The third-order valence-electron chi connectivity index (χ3n) is 4.04. The molecule has 3 heteroatoms. The summed E-state index contributed by atoms with van der Waals surface area (Å²) in [5, 5.41) is 4.53. The van der Waals surface area contributed by atoms with E-state index in [0.717, 1.165) is 22.3 Å². The molecule has 1 nitrogen and oxygen atoms in total. The van der Waals surface area contributed by atoms with Crippen molar-refractivity contribution in [2.45, 2.75) is 31.7 Å². The van der Waals surface area contributed by atoms with Gasteiger partial charge in [0.2, 0.25) is 0 Å². The van der Waals surface area contributed by atoms with Crippen molar-refractivity contribution in [3.8, 4) is 0 Å². The average Bonchev–Trinajstić information content (AvgIpc) is 2.38. The second-order valence-corrected chi connectivity index (χ2v) is 6.81. The van der Waals surface area contributed by atoms with Crippen molar-refractivity contribution >= 4 is 33.2 Å². The summed E-state index contributed by atoms with van der Waals surface area (Å²) in [6.07, 6.45) is 2.30. The molecule has 1 N–H and O–H groups in total. The van der Waals surface area contributed by atoms with Crippen molar-refractivity contribution in [2.75, 3.05) is 5.32 Å². The van der Waals surface area contributed by atoms with Gasteiger partial charge >= 0.3 is 0 Å². The second kappa shape index (κ2) is 5.79. The van der Waals surface area contributed by atoms with Crippen LogP contribution in [0.3, 0.4) is 0 Å². The van der Waals surface area contributed by atoms with Gasteiger partial charge in [-0.25, -0.2) is 0 Å². The minimum atomic E-state index is 0.546. The van der Waals surface area contributed by atoms with Crippen LogP contribution in [0.5, 0.6) is 0 Å². The van der Waals surface area contributed by atoms with Gasteiger partial charge in [0.1, 0.15) is 0 Å². The smallest absolute Gasteiger partial charge is 0.0440 e. The quantitative estimate of drug-likeness (QED) is 0.741. The molecule has 104 valence electrons. The summed E-state index contributed by atoms with van der Waals surface area (Å²) in [5.41, 5.74) is 3.80. The molecule has 0 radical (unpaired) electrons. The van der Waals surface area contributed by atoms with Gasteiger partial charge in [-0.1, -0.05) is 51.8 Å².